The van der Waals surface area contributed by atoms with E-state index in [1.54, 1.807) is 20.8 Å². The number of hydrogen-bond acceptors (Lipinski definition) is 3. The van der Waals surface area contributed by atoms with Crippen molar-refractivity contribution in [3.05, 3.63) is 27.3 Å². The molecule has 0 aromatic heterocycles. The van der Waals surface area contributed by atoms with Crippen molar-refractivity contribution in [2.75, 3.05) is 0 Å². The van der Waals surface area contributed by atoms with Crippen LogP contribution >= 0.6 is 22.6 Å². The van der Waals surface area contributed by atoms with Crippen LogP contribution in [0.1, 0.15) is 31.1 Å². The van der Waals surface area contributed by atoms with E-state index in [1.807, 2.05) is 22.6 Å². The summed E-state index contributed by atoms with van der Waals surface area (Å²) in [5, 5.41) is 8.88. The quantitative estimate of drug-likeness (QED) is 0.783. The molecular formula is C11H14INO4S. The standard InChI is InChI=1S/C11H14INO4S/c1-11(2,3)13-18(16,17)9-6-7(10(14)15)4-5-8(9)12/h4-6,13H,1-3H3,(H,14,15). The fraction of sp³-hybridized carbons (Fsp3) is 0.364. The Kier molecular flexibility index (Phi) is 4.39. The fourth-order valence-corrected chi connectivity index (χ4v) is 4.03. The number of aromatic carboxylic acids is 1. The van der Waals surface area contributed by atoms with E-state index in [0.717, 1.165) is 6.07 Å². The fourth-order valence-electron chi connectivity index (χ4n) is 1.30. The summed E-state index contributed by atoms with van der Waals surface area (Å²) in [6, 6.07) is 4.01. The highest BCUT2D eigenvalue weighted by Crippen LogP contribution is 2.21. The number of halogens is 1. The third kappa shape index (κ3) is 3.92. The van der Waals surface area contributed by atoms with Gasteiger partial charge >= 0.3 is 5.97 Å². The van der Waals surface area contributed by atoms with Crippen LogP contribution in [0.5, 0.6) is 0 Å². The monoisotopic (exact) mass is 383 g/mol. The Balaban J connectivity index is 3.32. The average Bonchev–Trinajstić information content (AvgIpc) is 2.13. The number of carbonyl (C=O) groups is 1. The molecule has 0 amide bonds. The highest BCUT2D eigenvalue weighted by Gasteiger charge is 2.24. The zero-order chi connectivity index (χ0) is 14.1. The van der Waals surface area contributed by atoms with Gasteiger partial charge in [-0.2, -0.15) is 0 Å². The van der Waals surface area contributed by atoms with E-state index in [9.17, 15) is 13.2 Å². The van der Waals surface area contributed by atoms with Gasteiger partial charge in [0.1, 0.15) is 0 Å². The second-order valence-corrected chi connectivity index (χ2v) is 7.62. The summed E-state index contributed by atoms with van der Waals surface area (Å²) in [6.07, 6.45) is 0. The van der Waals surface area contributed by atoms with E-state index in [0.29, 0.717) is 3.57 Å². The van der Waals surface area contributed by atoms with Crippen LogP contribution in [0, 0.1) is 3.57 Å². The summed E-state index contributed by atoms with van der Waals surface area (Å²) in [4.78, 5) is 10.8. The smallest absolute Gasteiger partial charge is 0.335 e. The molecule has 0 fully saturated rings. The Hall–Kier alpha value is -0.670. The summed E-state index contributed by atoms with van der Waals surface area (Å²) in [6.45, 7) is 5.16. The summed E-state index contributed by atoms with van der Waals surface area (Å²) in [5.41, 5.74) is -0.675. The van der Waals surface area contributed by atoms with Gasteiger partial charge in [-0.15, -0.1) is 0 Å². The molecule has 1 aromatic carbocycles. The molecule has 0 heterocycles. The van der Waals surface area contributed by atoms with Crippen LogP contribution in [0.15, 0.2) is 23.1 Å². The van der Waals surface area contributed by atoms with Crippen molar-refractivity contribution in [1.29, 1.82) is 0 Å². The van der Waals surface area contributed by atoms with Gasteiger partial charge in [-0.1, -0.05) is 0 Å². The van der Waals surface area contributed by atoms with Crippen LogP contribution in [-0.4, -0.2) is 25.0 Å². The molecule has 0 aliphatic heterocycles. The average molecular weight is 383 g/mol. The number of sulfonamides is 1. The first-order valence-electron chi connectivity index (χ1n) is 5.10. The second-order valence-electron chi connectivity index (χ2n) is 4.81. The van der Waals surface area contributed by atoms with E-state index < -0.39 is 21.5 Å². The van der Waals surface area contributed by atoms with Crippen LogP contribution in [-0.2, 0) is 10.0 Å². The van der Waals surface area contributed by atoms with Crippen molar-refractivity contribution >= 4 is 38.6 Å². The Labute approximate surface area is 120 Å². The van der Waals surface area contributed by atoms with Gasteiger partial charge in [-0.25, -0.2) is 17.9 Å². The maximum Gasteiger partial charge on any atom is 0.335 e. The number of benzene rings is 1. The van der Waals surface area contributed by atoms with Gasteiger partial charge in [0.25, 0.3) is 0 Å². The Bertz CT molecular complexity index is 575. The maximum absolute atomic E-state index is 12.1. The maximum atomic E-state index is 12.1. The van der Waals surface area contributed by atoms with Gasteiger partial charge < -0.3 is 5.11 Å². The molecule has 5 nitrogen and oxygen atoms in total. The molecule has 0 aliphatic carbocycles. The van der Waals surface area contributed by atoms with E-state index in [4.69, 9.17) is 5.11 Å². The van der Waals surface area contributed by atoms with Crippen molar-refractivity contribution < 1.29 is 18.3 Å². The molecule has 0 saturated carbocycles. The van der Waals surface area contributed by atoms with Crippen molar-refractivity contribution in [3.8, 4) is 0 Å². The van der Waals surface area contributed by atoms with E-state index >= 15 is 0 Å². The van der Waals surface area contributed by atoms with Crippen LogP contribution in [0.3, 0.4) is 0 Å². The topological polar surface area (TPSA) is 83.5 Å². The molecule has 0 unspecified atom stereocenters. The molecule has 0 aliphatic rings. The largest absolute Gasteiger partial charge is 0.478 e. The molecule has 1 aromatic rings. The van der Waals surface area contributed by atoms with Gasteiger partial charge in [0, 0.05) is 9.11 Å². The van der Waals surface area contributed by atoms with Crippen LogP contribution in [0.4, 0.5) is 0 Å². The van der Waals surface area contributed by atoms with Crippen molar-refractivity contribution in [3.63, 3.8) is 0 Å². The summed E-state index contributed by atoms with van der Waals surface area (Å²) >= 11 is 1.87. The number of rotatable bonds is 3. The van der Waals surface area contributed by atoms with Gasteiger partial charge in [0.2, 0.25) is 10.0 Å². The lowest BCUT2D eigenvalue weighted by Gasteiger charge is -2.21. The van der Waals surface area contributed by atoms with Gasteiger partial charge in [0.15, 0.2) is 0 Å². The molecule has 0 saturated heterocycles. The van der Waals surface area contributed by atoms with Crippen molar-refractivity contribution in [2.24, 2.45) is 0 Å². The van der Waals surface area contributed by atoms with Crippen LogP contribution < -0.4 is 4.72 Å². The minimum atomic E-state index is -3.73. The SMILES string of the molecule is CC(C)(C)NS(=O)(=O)c1cc(C(=O)O)ccc1I. The van der Waals surface area contributed by atoms with E-state index in [1.165, 1.54) is 12.1 Å². The molecule has 7 heteroatoms. The van der Waals surface area contributed by atoms with E-state index in [-0.39, 0.29) is 10.5 Å². The molecule has 0 atom stereocenters. The summed E-state index contributed by atoms with van der Waals surface area (Å²) in [5.74, 6) is -1.15. The van der Waals surface area contributed by atoms with Crippen molar-refractivity contribution in [2.45, 2.75) is 31.2 Å². The molecule has 0 radical (unpaired) electrons. The Morgan fingerprint density at radius 3 is 2.33 bits per heavy atom. The molecular weight excluding hydrogens is 369 g/mol. The van der Waals surface area contributed by atoms with Crippen LogP contribution in [0.2, 0.25) is 0 Å². The highest BCUT2D eigenvalue weighted by molar-refractivity contribution is 14.1. The normalized spacial score (nSPS) is 12.4. The third-order valence-corrected chi connectivity index (χ3v) is 5.01. The first-order chi connectivity index (χ1) is 8.03. The molecule has 1 rings (SSSR count). The number of hydrogen-bond donors (Lipinski definition) is 2. The molecule has 100 valence electrons. The number of carboxylic acid groups (broad SMARTS) is 1. The van der Waals surface area contributed by atoms with Gasteiger partial charge in [0.05, 0.1) is 10.5 Å². The molecule has 2 N–H and O–H groups in total. The van der Waals surface area contributed by atoms with E-state index in [2.05, 4.69) is 4.72 Å². The zero-order valence-electron chi connectivity index (χ0n) is 10.2. The lowest BCUT2D eigenvalue weighted by molar-refractivity contribution is 0.0696. The number of nitrogens with one attached hydrogen (secondary N) is 1. The van der Waals surface area contributed by atoms with Gasteiger partial charge in [-0.3, -0.25) is 0 Å². The van der Waals surface area contributed by atoms with Crippen LogP contribution in [0.25, 0.3) is 0 Å². The van der Waals surface area contributed by atoms with Crippen molar-refractivity contribution in [1.82, 2.24) is 4.72 Å². The minimum absolute atomic E-state index is 0.0158. The lowest BCUT2D eigenvalue weighted by Crippen LogP contribution is -2.40. The molecule has 0 bridgehead atoms. The van der Waals surface area contributed by atoms with Gasteiger partial charge in [-0.05, 0) is 61.6 Å². The third-order valence-electron chi connectivity index (χ3n) is 1.91. The first kappa shape index (κ1) is 15.4. The first-order valence-corrected chi connectivity index (χ1v) is 7.66. The lowest BCUT2D eigenvalue weighted by atomic mass is 10.1. The second kappa shape index (κ2) is 5.14. The zero-order valence-corrected chi connectivity index (χ0v) is 13.2. The predicted octanol–water partition coefficient (Wildman–Crippen LogP) is 2.07. The summed E-state index contributed by atoms with van der Waals surface area (Å²) < 4.78 is 27.2. The Morgan fingerprint density at radius 2 is 1.89 bits per heavy atom. The summed E-state index contributed by atoms with van der Waals surface area (Å²) in [7, 11) is -3.73. The highest BCUT2D eigenvalue weighted by atomic mass is 127. The predicted molar refractivity (Wildman–Crippen MR) is 76.2 cm³/mol. The minimum Gasteiger partial charge on any atom is -0.478 e. The number of carboxylic acids is 1. The Morgan fingerprint density at radius 1 is 1.33 bits per heavy atom. The molecule has 18 heavy (non-hydrogen) atoms. The molecule has 0 spiro atoms.